The molecule has 22 heavy (non-hydrogen) atoms. The zero-order valence-electron chi connectivity index (χ0n) is 13.2. The minimum atomic E-state index is 0. The van der Waals surface area contributed by atoms with Gasteiger partial charge in [-0.15, -0.1) is 12.4 Å². The molecule has 0 aliphatic carbocycles. The molecule has 0 radical (unpaired) electrons. The number of likely N-dealkylation sites (tertiary alicyclic amines) is 1. The van der Waals surface area contributed by atoms with Gasteiger partial charge in [-0.3, -0.25) is 4.90 Å². The van der Waals surface area contributed by atoms with E-state index in [9.17, 15) is 0 Å². The molecule has 0 bridgehead atoms. The summed E-state index contributed by atoms with van der Waals surface area (Å²) in [5, 5.41) is 3.48. The monoisotopic (exact) mass is 388 g/mol. The Kier molecular flexibility index (Phi) is 7.00. The Bertz CT molecular complexity index is 490. The zero-order valence-corrected chi connectivity index (χ0v) is 15.6. The van der Waals surface area contributed by atoms with Crippen LogP contribution in [-0.4, -0.2) is 37.7 Å². The van der Waals surface area contributed by atoms with Crippen molar-refractivity contribution in [1.29, 1.82) is 0 Å². The van der Waals surface area contributed by atoms with Crippen LogP contribution in [0.1, 0.15) is 30.9 Å². The average molecular weight is 390 g/mol. The van der Waals surface area contributed by atoms with Crippen molar-refractivity contribution in [2.45, 2.75) is 32.7 Å². The Hall–Kier alpha value is -0.290. The first-order chi connectivity index (χ1) is 10.3. The SMILES string of the molecule is CCNCC1CCN(Cc2cc(Br)cc3c2OCC3)CC1.Cl. The lowest BCUT2D eigenvalue weighted by Gasteiger charge is -2.32. The van der Waals surface area contributed by atoms with Crippen molar-refractivity contribution in [2.75, 3.05) is 32.8 Å². The molecule has 1 aromatic carbocycles. The lowest BCUT2D eigenvalue weighted by atomic mass is 9.96. The fraction of sp³-hybridized carbons (Fsp3) is 0.647. The maximum atomic E-state index is 5.84. The van der Waals surface area contributed by atoms with Gasteiger partial charge in [-0.2, -0.15) is 0 Å². The molecule has 0 aromatic heterocycles. The van der Waals surface area contributed by atoms with Gasteiger partial charge in [0, 0.05) is 23.0 Å². The maximum absolute atomic E-state index is 5.84. The second kappa shape index (κ2) is 8.53. The minimum absolute atomic E-state index is 0. The topological polar surface area (TPSA) is 24.5 Å². The molecule has 0 unspecified atom stereocenters. The van der Waals surface area contributed by atoms with Gasteiger partial charge in [0.05, 0.1) is 6.61 Å². The number of rotatable bonds is 5. The van der Waals surface area contributed by atoms with Crippen molar-refractivity contribution in [3.05, 3.63) is 27.7 Å². The summed E-state index contributed by atoms with van der Waals surface area (Å²) in [6.45, 7) is 8.72. The molecule has 0 spiro atoms. The van der Waals surface area contributed by atoms with E-state index in [2.05, 4.69) is 45.2 Å². The van der Waals surface area contributed by atoms with Crippen LogP contribution >= 0.6 is 28.3 Å². The summed E-state index contributed by atoms with van der Waals surface area (Å²) in [6.07, 6.45) is 3.67. The number of piperidine rings is 1. The Morgan fingerprint density at radius 3 is 2.82 bits per heavy atom. The quantitative estimate of drug-likeness (QED) is 0.832. The lowest BCUT2D eigenvalue weighted by molar-refractivity contribution is 0.174. The zero-order chi connectivity index (χ0) is 14.7. The van der Waals surface area contributed by atoms with Gasteiger partial charge in [0.2, 0.25) is 0 Å². The van der Waals surface area contributed by atoms with Crippen LogP contribution in [-0.2, 0) is 13.0 Å². The fourth-order valence-corrected chi connectivity index (χ4v) is 3.95. The molecule has 2 aliphatic heterocycles. The van der Waals surface area contributed by atoms with Crippen molar-refractivity contribution in [3.63, 3.8) is 0 Å². The van der Waals surface area contributed by atoms with Crippen LogP contribution in [0.3, 0.4) is 0 Å². The molecule has 1 fully saturated rings. The first-order valence-corrected chi connectivity index (χ1v) is 8.92. The molecule has 2 heterocycles. The summed E-state index contributed by atoms with van der Waals surface area (Å²) in [6, 6.07) is 4.43. The number of nitrogens with one attached hydrogen (secondary N) is 1. The van der Waals surface area contributed by atoms with Gasteiger partial charge >= 0.3 is 0 Å². The minimum Gasteiger partial charge on any atom is -0.493 e. The van der Waals surface area contributed by atoms with Crippen LogP contribution in [0.15, 0.2) is 16.6 Å². The third kappa shape index (κ3) is 4.38. The highest BCUT2D eigenvalue weighted by Crippen LogP contribution is 2.34. The normalized spacial score (nSPS) is 18.6. The molecule has 1 saturated heterocycles. The van der Waals surface area contributed by atoms with Crippen LogP contribution in [0, 0.1) is 5.92 Å². The van der Waals surface area contributed by atoms with Crippen molar-refractivity contribution >= 4 is 28.3 Å². The maximum Gasteiger partial charge on any atom is 0.127 e. The molecule has 0 saturated carbocycles. The Morgan fingerprint density at radius 2 is 2.09 bits per heavy atom. The third-order valence-corrected chi connectivity index (χ3v) is 5.07. The molecule has 0 amide bonds. The molecule has 3 rings (SSSR count). The molecule has 5 heteroatoms. The Balaban J connectivity index is 0.00000176. The van der Waals surface area contributed by atoms with E-state index in [4.69, 9.17) is 4.74 Å². The second-order valence-corrected chi connectivity index (χ2v) is 7.09. The summed E-state index contributed by atoms with van der Waals surface area (Å²) < 4.78 is 7.03. The van der Waals surface area contributed by atoms with Crippen LogP contribution < -0.4 is 10.1 Å². The molecule has 3 nitrogen and oxygen atoms in total. The predicted octanol–water partition coefficient (Wildman–Crippen LogP) is 3.63. The van der Waals surface area contributed by atoms with Gasteiger partial charge in [-0.05, 0) is 62.6 Å². The average Bonchev–Trinajstić information content (AvgIpc) is 2.95. The lowest BCUT2D eigenvalue weighted by Crippen LogP contribution is -2.36. The number of halogens is 2. The Morgan fingerprint density at radius 1 is 1.32 bits per heavy atom. The molecule has 124 valence electrons. The van der Waals surface area contributed by atoms with E-state index in [-0.39, 0.29) is 12.4 Å². The van der Waals surface area contributed by atoms with Crippen LogP contribution in [0.5, 0.6) is 5.75 Å². The van der Waals surface area contributed by atoms with E-state index < -0.39 is 0 Å². The number of fused-ring (bicyclic) bond motifs is 1. The summed E-state index contributed by atoms with van der Waals surface area (Å²) >= 11 is 3.64. The van der Waals surface area contributed by atoms with Gasteiger partial charge in [-0.1, -0.05) is 22.9 Å². The van der Waals surface area contributed by atoms with Crippen LogP contribution in [0.25, 0.3) is 0 Å². The summed E-state index contributed by atoms with van der Waals surface area (Å²) in [7, 11) is 0. The highest BCUT2D eigenvalue weighted by atomic mass is 79.9. The molecular weight excluding hydrogens is 364 g/mol. The molecular formula is C17H26BrClN2O. The summed E-state index contributed by atoms with van der Waals surface area (Å²) in [5.74, 6) is 2.00. The van der Waals surface area contributed by atoms with E-state index >= 15 is 0 Å². The van der Waals surface area contributed by atoms with E-state index in [0.29, 0.717) is 0 Å². The number of nitrogens with zero attached hydrogens (tertiary/aromatic N) is 1. The van der Waals surface area contributed by atoms with Crippen molar-refractivity contribution in [1.82, 2.24) is 10.2 Å². The summed E-state index contributed by atoms with van der Waals surface area (Å²) in [4.78, 5) is 2.58. The number of hydrogen-bond acceptors (Lipinski definition) is 3. The van der Waals surface area contributed by atoms with Gasteiger partial charge in [0.25, 0.3) is 0 Å². The summed E-state index contributed by atoms with van der Waals surface area (Å²) in [5.41, 5.74) is 2.71. The largest absolute Gasteiger partial charge is 0.493 e. The standard InChI is InChI=1S/C17H25BrN2O.ClH/c1-2-19-11-13-3-6-20(7-4-13)12-15-10-16(18)9-14-5-8-21-17(14)15;/h9-10,13,19H,2-8,11-12H2,1H3;1H. The van der Waals surface area contributed by atoms with Crippen molar-refractivity contribution < 1.29 is 4.74 Å². The second-order valence-electron chi connectivity index (χ2n) is 6.18. The number of hydrogen-bond donors (Lipinski definition) is 1. The van der Waals surface area contributed by atoms with E-state index in [0.717, 1.165) is 37.8 Å². The van der Waals surface area contributed by atoms with E-state index in [1.165, 1.54) is 48.1 Å². The highest BCUT2D eigenvalue weighted by molar-refractivity contribution is 9.10. The number of ether oxygens (including phenoxy) is 1. The molecule has 2 aliphatic rings. The number of benzene rings is 1. The molecule has 1 N–H and O–H groups in total. The smallest absolute Gasteiger partial charge is 0.127 e. The van der Waals surface area contributed by atoms with Gasteiger partial charge < -0.3 is 10.1 Å². The predicted molar refractivity (Wildman–Crippen MR) is 97.1 cm³/mol. The van der Waals surface area contributed by atoms with E-state index in [1.807, 2.05) is 0 Å². The van der Waals surface area contributed by atoms with Crippen molar-refractivity contribution in [3.8, 4) is 5.75 Å². The van der Waals surface area contributed by atoms with Gasteiger partial charge in [0.1, 0.15) is 5.75 Å². The van der Waals surface area contributed by atoms with Gasteiger partial charge in [0.15, 0.2) is 0 Å². The van der Waals surface area contributed by atoms with Gasteiger partial charge in [-0.25, -0.2) is 0 Å². The van der Waals surface area contributed by atoms with Crippen LogP contribution in [0.4, 0.5) is 0 Å². The first-order valence-electron chi connectivity index (χ1n) is 8.13. The molecule has 0 atom stereocenters. The highest BCUT2D eigenvalue weighted by Gasteiger charge is 2.22. The first kappa shape index (κ1) is 18.1. The fourth-order valence-electron chi connectivity index (χ4n) is 3.40. The van der Waals surface area contributed by atoms with Crippen LogP contribution in [0.2, 0.25) is 0 Å². The third-order valence-electron chi connectivity index (χ3n) is 4.61. The molecule has 1 aromatic rings. The Labute approximate surface area is 148 Å². The van der Waals surface area contributed by atoms with E-state index in [1.54, 1.807) is 0 Å². The van der Waals surface area contributed by atoms with Crippen molar-refractivity contribution in [2.24, 2.45) is 5.92 Å².